The Balaban J connectivity index is 2.22. The summed E-state index contributed by atoms with van der Waals surface area (Å²) in [6.45, 7) is 2.70. The zero-order chi connectivity index (χ0) is 14.4. The van der Waals surface area contributed by atoms with E-state index in [-0.39, 0.29) is 12.1 Å². The fourth-order valence-electron chi connectivity index (χ4n) is 3.21. The van der Waals surface area contributed by atoms with Crippen molar-refractivity contribution in [1.82, 2.24) is 10.4 Å². The van der Waals surface area contributed by atoms with E-state index in [1.807, 2.05) is 19.1 Å². The molecule has 0 saturated heterocycles. The summed E-state index contributed by atoms with van der Waals surface area (Å²) in [4.78, 5) is 4.16. The van der Waals surface area contributed by atoms with Crippen LogP contribution in [0.15, 0.2) is 18.3 Å². The van der Waals surface area contributed by atoms with Crippen molar-refractivity contribution < 1.29 is 4.74 Å². The highest BCUT2D eigenvalue weighted by Gasteiger charge is 2.32. The minimum atomic E-state index is -0.105. The molecule has 112 valence electrons. The maximum Gasteiger partial charge on any atom is 0.128 e. The fraction of sp³-hybridized carbons (Fsp3) is 0.667. The lowest BCUT2D eigenvalue weighted by Crippen LogP contribution is -2.43. The summed E-state index contributed by atoms with van der Waals surface area (Å²) in [6.07, 6.45) is 8.01. The lowest BCUT2D eigenvalue weighted by molar-refractivity contribution is -0.0183. The van der Waals surface area contributed by atoms with Crippen molar-refractivity contribution in [2.45, 2.75) is 51.2 Å². The number of rotatable bonds is 6. The van der Waals surface area contributed by atoms with Gasteiger partial charge in [0.2, 0.25) is 0 Å². The van der Waals surface area contributed by atoms with Crippen LogP contribution < -0.4 is 17.0 Å². The van der Waals surface area contributed by atoms with Crippen LogP contribution in [0.25, 0.3) is 0 Å². The van der Waals surface area contributed by atoms with E-state index in [1.165, 1.54) is 32.1 Å². The van der Waals surface area contributed by atoms with Crippen molar-refractivity contribution in [3.05, 3.63) is 23.9 Å². The number of ether oxygens (including phenoxy) is 1. The second-order valence-corrected chi connectivity index (χ2v) is 5.44. The average Bonchev–Trinajstić information content (AvgIpc) is 2.50. The van der Waals surface area contributed by atoms with Gasteiger partial charge in [0.05, 0.1) is 12.1 Å². The molecule has 1 aliphatic carbocycles. The van der Waals surface area contributed by atoms with Gasteiger partial charge >= 0.3 is 0 Å². The van der Waals surface area contributed by atoms with E-state index in [0.717, 1.165) is 5.56 Å². The molecule has 0 aliphatic heterocycles. The van der Waals surface area contributed by atoms with Crippen LogP contribution in [0.3, 0.4) is 0 Å². The first-order valence-electron chi connectivity index (χ1n) is 7.56. The molecule has 1 aliphatic rings. The molecule has 5 nitrogen and oxygen atoms in total. The zero-order valence-corrected chi connectivity index (χ0v) is 12.2. The number of nitrogens with one attached hydrogen (secondary N) is 1. The topological polar surface area (TPSA) is 86.2 Å². The molecule has 1 saturated carbocycles. The van der Waals surface area contributed by atoms with E-state index in [1.54, 1.807) is 6.20 Å². The number of anilines is 1. The van der Waals surface area contributed by atoms with Crippen LogP contribution >= 0.6 is 0 Å². The van der Waals surface area contributed by atoms with Gasteiger partial charge in [-0.25, -0.2) is 4.98 Å². The summed E-state index contributed by atoms with van der Waals surface area (Å²) in [5, 5.41) is 0. The van der Waals surface area contributed by atoms with Gasteiger partial charge in [0.1, 0.15) is 5.82 Å². The molecule has 2 unspecified atom stereocenters. The molecule has 20 heavy (non-hydrogen) atoms. The predicted molar refractivity (Wildman–Crippen MR) is 80.7 cm³/mol. The number of hydrogen-bond donors (Lipinski definition) is 3. The van der Waals surface area contributed by atoms with Gasteiger partial charge < -0.3 is 10.5 Å². The summed E-state index contributed by atoms with van der Waals surface area (Å²) >= 11 is 0. The summed E-state index contributed by atoms with van der Waals surface area (Å²) in [7, 11) is 0. The lowest BCUT2D eigenvalue weighted by atomic mass is 9.81. The standard InChI is InChI=1S/C15H26N4O/c1-2-20-14(11-7-4-3-5-8-11)13(19-17)12-9-6-10-18-15(12)16/h6,9-11,13-14,19H,2-5,7-8,17H2,1H3,(H2,16,18). The largest absolute Gasteiger partial charge is 0.383 e. The molecule has 1 aromatic rings. The minimum absolute atomic E-state index is 0.0526. The van der Waals surface area contributed by atoms with Crippen molar-refractivity contribution >= 4 is 5.82 Å². The number of hydrazine groups is 1. The van der Waals surface area contributed by atoms with Gasteiger partial charge in [0.25, 0.3) is 0 Å². The third-order valence-corrected chi connectivity index (χ3v) is 4.19. The Morgan fingerprint density at radius 1 is 1.40 bits per heavy atom. The maximum absolute atomic E-state index is 6.02. The van der Waals surface area contributed by atoms with Crippen LogP contribution in [0.1, 0.15) is 50.6 Å². The third-order valence-electron chi connectivity index (χ3n) is 4.19. The lowest BCUT2D eigenvalue weighted by Gasteiger charge is -2.35. The maximum atomic E-state index is 6.02. The fourth-order valence-corrected chi connectivity index (χ4v) is 3.21. The van der Waals surface area contributed by atoms with Crippen LogP contribution in [0.2, 0.25) is 0 Å². The molecule has 0 spiro atoms. The van der Waals surface area contributed by atoms with Gasteiger partial charge in [0.15, 0.2) is 0 Å². The van der Waals surface area contributed by atoms with Gasteiger partial charge in [-0.1, -0.05) is 25.3 Å². The van der Waals surface area contributed by atoms with Crippen LogP contribution in [-0.4, -0.2) is 17.7 Å². The molecule has 5 heteroatoms. The Kier molecular flexibility index (Phi) is 5.76. The molecule has 0 amide bonds. The monoisotopic (exact) mass is 278 g/mol. The second-order valence-electron chi connectivity index (χ2n) is 5.44. The van der Waals surface area contributed by atoms with E-state index in [4.69, 9.17) is 16.3 Å². The number of pyridine rings is 1. The molecule has 0 aromatic carbocycles. The van der Waals surface area contributed by atoms with E-state index in [9.17, 15) is 0 Å². The highest BCUT2D eigenvalue weighted by molar-refractivity contribution is 5.41. The summed E-state index contributed by atoms with van der Waals surface area (Å²) < 4.78 is 6.02. The molecule has 1 aromatic heterocycles. The van der Waals surface area contributed by atoms with Crippen molar-refractivity contribution in [1.29, 1.82) is 0 Å². The summed E-state index contributed by atoms with van der Waals surface area (Å²) in [5.41, 5.74) is 9.82. The quantitative estimate of drug-likeness (QED) is 0.548. The van der Waals surface area contributed by atoms with E-state index in [0.29, 0.717) is 18.3 Å². The van der Waals surface area contributed by atoms with Crippen LogP contribution in [0.5, 0.6) is 0 Å². The van der Waals surface area contributed by atoms with Crippen LogP contribution in [-0.2, 0) is 4.74 Å². The van der Waals surface area contributed by atoms with Gasteiger partial charge in [-0.05, 0) is 31.7 Å². The van der Waals surface area contributed by atoms with Crippen LogP contribution in [0.4, 0.5) is 5.82 Å². The second kappa shape index (κ2) is 7.57. The molecule has 0 radical (unpaired) electrons. The summed E-state index contributed by atoms with van der Waals surface area (Å²) in [6, 6.07) is 3.76. The molecule has 1 fully saturated rings. The molecule has 0 bridgehead atoms. The first-order chi connectivity index (χ1) is 9.77. The SMILES string of the molecule is CCOC(C1CCCCC1)C(NN)c1cccnc1N. The van der Waals surface area contributed by atoms with Gasteiger partial charge in [-0.15, -0.1) is 0 Å². The van der Waals surface area contributed by atoms with Gasteiger partial charge in [-0.2, -0.15) is 0 Å². The number of hydrogen-bond acceptors (Lipinski definition) is 5. The van der Waals surface area contributed by atoms with Crippen molar-refractivity contribution in [2.24, 2.45) is 11.8 Å². The van der Waals surface area contributed by atoms with E-state index < -0.39 is 0 Å². The summed E-state index contributed by atoms with van der Waals surface area (Å²) in [5.74, 6) is 6.85. The molecular formula is C15H26N4O. The van der Waals surface area contributed by atoms with Crippen molar-refractivity contribution in [3.8, 4) is 0 Å². The van der Waals surface area contributed by atoms with Crippen LogP contribution in [0, 0.1) is 5.92 Å². The molecular weight excluding hydrogens is 252 g/mol. The number of nitrogens with zero attached hydrogens (tertiary/aromatic N) is 1. The molecule has 1 heterocycles. The van der Waals surface area contributed by atoms with Crippen molar-refractivity contribution in [3.63, 3.8) is 0 Å². The Morgan fingerprint density at radius 2 is 2.15 bits per heavy atom. The predicted octanol–water partition coefficient (Wildman–Crippen LogP) is 2.15. The normalized spacial score (nSPS) is 19.7. The zero-order valence-electron chi connectivity index (χ0n) is 12.2. The Labute approximate surface area is 121 Å². The minimum Gasteiger partial charge on any atom is -0.383 e. The van der Waals surface area contributed by atoms with Gasteiger partial charge in [-0.3, -0.25) is 11.3 Å². The number of nitrogen functional groups attached to an aromatic ring is 1. The van der Waals surface area contributed by atoms with E-state index in [2.05, 4.69) is 10.4 Å². The Bertz CT molecular complexity index is 407. The van der Waals surface area contributed by atoms with Gasteiger partial charge in [0, 0.05) is 18.4 Å². The smallest absolute Gasteiger partial charge is 0.128 e. The molecule has 2 rings (SSSR count). The van der Waals surface area contributed by atoms with Crippen molar-refractivity contribution in [2.75, 3.05) is 12.3 Å². The first kappa shape index (κ1) is 15.2. The first-order valence-corrected chi connectivity index (χ1v) is 7.56. The molecule has 5 N–H and O–H groups in total. The number of aromatic nitrogens is 1. The highest BCUT2D eigenvalue weighted by atomic mass is 16.5. The van der Waals surface area contributed by atoms with E-state index >= 15 is 0 Å². The Morgan fingerprint density at radius 3 is 2.75 bits per heavy atom. The Hall–Kier alpha value is -1.17. The highest BCUT2D eigenvalue weighted by Crippen LogP contribution is 2.35. The molecule has 2 atom stereocenters. The number of nitrogens with two attached hydrogens (primary N) is 2. The third kappa shape index (κ3) is 3.48. The average molecular weight is 278 g/mol.